The molecule has 374 valence electrons. The molecule has 3 N–H and O–H groups in total. The molecular formula is C53H62N8O9S. The third-order valence-corrected chi connectivity index (χ3v) is 17.9. The second-order valence-electron chi connectivity index (χ2n) is 21.9. The Balaban J connectivity index is 0.829. The molecule has 6 aliphatic heterocycles. The second kappa shape index (κ2) is 17.7. The van der Waals surface area contributed by atoms with E-state index in [4.69, 9.17) is 23.9 Å². The summed E-state index contributed by atoms with van der Waals surface area (Å²) >= 11 is 0. The molecule has 1 saturated carbocycles. The van der Waals surface area contributed by atoms with Crippen molar-refractivity contribution >= 4 is 55.4 Å². The van der Waals surface area contributed by atoms with Crippen molar-refractivity contribution in [3.8, 4) is 11.6 Å². The molecule has 2 aromatic heterocycles. The lowest BCUT2D eigenvalue weighted by Crippen LogP contribution is -2.55. The number of carbonyl (C=O) groups is 1. The third kappa shape index (κ3) is 8.33. The number of likely N-dealkylation sites (tertiary alicyclic amines) is 1. The summed E-state index contributed by atoms with van der Waals surface area (Å²) in [7, 11) is -4.68. The molecule has 1 spiro atoms. The van der Waals surface area contributed by atoms with E-state index in [1.165, 1.54) is 42.9 Å². The van der Waals surface area contributed by atoms with Gasteiger partial charge in [-0.2, -0.15) is 4.98 Å². The molecule has 5 aromatic rings. The van der Waals surface area contributed by atoms with Crippen molar-refractivity contribution in [1.29, 1.82) is 0 Å². The summed E-state index contributed by atoms with van der Waals surface area (Å²) in [6.45, 7) is 11.7. The zero-order valence-electron chi connectivity index (χ0n) is 40.5. The molecular weight excluding hydrogens is 925 g/mol. The lowest BCUT2D eigenvalue weighted by atomic mass is 9.59. The number of anilines is 4. The smallest absolute Gasteiger partial charge is 0.297 e. The highest BCUT2D eigenvalue weighted by Gasteiger charge is 2.51. The predicted molar refractivity (Wildman–Crippen MR) is 269 cm³/mol. The zero-order chi connectivity index (χ0) is 48.8. The van der Waals surface area contributed by atoms with Crippen molar-refractivity contribution in [2.24, 2.45) is 11.3 Å². The molecule has 0 bridgehead atoms. The Kier molecular flexibility index (Phi) is 11.5. The molecule has 0 unspecified atom stereocenters. The van der Waals surface area contributed by atoms with Gasteiger partial charge in [0.25, 0.3) is 21.6 Å². The minimum absolute atomic E-state index is 0.0315. The number of hydrogen-bond donors (Lipinski definition) is 3. The Bertz CT molecular complexity index is 3010. The number of amides is 1. The predicted octanol–water partition coefficient (Wildman–Crippen LogP) is 8.37. The van der Waals surface area contributed by atoms with E-state index in [0.717, 1.165) is 62.5 Å². The molecule has 5 fully saturated rings. The molecule has 3 aromatic carbocycles. The van der Waals surface area contributed by atoms with Crippen molar-refractivity contribution in [3.63, 3.8) is 0 Å². The van der Waals surface area contributed by atoms with E-state index < -0.39 is 37.5 Å². The number of H-pyrrole nitrogens is 1. The highest BCUT2D eigenvalue weighted by molar-refractivity contribution is 7.90. The molecule has 71 heavy (non-hydrogen) atoms. The fourth-order valence-electron chi connectivity index (χ4n) is 12.8. The first-order valence-electron chi connectivity index (χ1n) is 25.3. The van der Waals surface area contributed by atoms with Gasteiger partial charge in [-0.15, -0.1) is 0 Å². The van der Waals surface area contributed by atoms with E-state index in [1.54, 1.807) is 6.07 Å². The highest BCUT2D eigenvalue weighted by Crippen LogP contribution is 2.55. The van der Waals surface area contributed by atoms with E-state index in [1.807, 2.05) is 35.4 Å². The van der Waals surface area contributed by atoms with Crippen LogP contribution in [0.1, 0.15) is 99.7 Å². The summed E-state index contributed by atoms with van der Waals surface area (Å²) in [5.41, 5.74) is 5.70. The Morgan fingerprint density at radius 2 is 1.73 bits per heavy atom. The standard InChI is InChI=1S/C53H62N8O9S/c1-52(2,3)39-8-5-4-7-37(39)41-9-6-18-59(41)35-27-53(28-35)15-19-58(20-16-53)34-10-11-38(42(24-34)60-44-23-33-12-17-54-49(33)56-51(44)70-47-31-68-30-45(47)60)50(62)57-71(65,66)36-25-43(61(63)64)48-46(26-36)69-29-40(55-48)32-13-21-67-22-14-32/h4-5,7-8,10-12,17,23-26,32,35,40-41,45,47,55H,6,9,13-16,18-22,27-31H2,1-3H3,(H,54,56)(H,57,62)/t40-,41+,45+,47-/m1/s1. The number of fused-ring (bicyclic) bond motifs is 4. The highest BCUT2D eigenvalue weighted by atomic mass is 32.2. The van der Waals surface area contributed by atoms with Crippen molar-refractivity contribution in [1.82, 2.24) is 19.6 Å². The lowest BCUT2D eigenvalue weighted by molar-refractivity contribution is -0.384. The van der Waals surface area contributed by atoms with E-state index in [0.29, 0.717) is 61.4 Å². The Hall–Kier alpha value is -5.95. The third-order valence-electron chi connectivity index (χ3n) is 16.6. The fraction of sp³-hybridized carbons (Fsp3) is 0.509. The van der Waals surface area contributed by atoms with Gasteiger partial charge >= 0.3 is 0 Å². The van der Waals surface area contributed by atoms with E-state index in [2.05, 4.69) is 69.9 Å². The van der Waals surface area contributed by atoms with Crippen LogP contribution in [0, 0.1) is 21.4 Å². The summed E-state index contributed by atoms with van der Waals surface area (Å²) in [4.78, 5) is 41.3. The monoisotopic (exact) mass is 986 g/mol. The van der Waals surface area contributed by atoms with Gasteiger partial charge in [-0.1, -0.05) is 45.0 Å². The van der Waals surface area contributed by atoms with Crippen molar-refractivity contribution in [3.05, 3.63) is 99.7 Å². The largest absolute Gasteiger partial charge is 0.489 e. The maximum atomic E-state index is 14.7. The average Bonchev–Trinajstić information content (AvgIpc) is 4.15. The maximum Gasteiger partial charge on any atom is 0.297 e. The number of ether oxygens (including phenoxy) is 4. The minimum Gasteiger partial charge on any atom is -0.489 e. The topological polar surface area (TPSA) is 194 Å². The zero-order valence-corrected chi connectivity index (χ0v) is 41.3. The molecule has 7 aliphatic rings. The van der Waals surface area contributed by atoms with Crippen LogP contribution < -0.4 is 29.3 Å². The van der Waals surface area contributed by atoms with Crippen molar-refractivity contribution in [2.45, 2.75) is 113 Å². The lowest BCUT2D eigenvalue weighted by Gasteiger charge is -2.56. The van der Waals surface area contributed by atoms with Crippen molar-refractivity contribution < 1.29 is 37.1 Å². The molecule has 12 rings (SSSR count). The van der Waals surface area contributed by atoms with Gasteiger partial charge in [0, 0.05) is 67.8 Å². The fourth-order valence-corrected chi connectivity index (χ4v) is 13.8. The number of carbonyl (C=O) groups excluding carboxylic acids is 1. The van der Waals surface area contributed by atoms with Crippen LogP contribution in [0.15, 0.2) is 77.8 Å². The van der Waals surface area contributed by atoms with Crippen LogP contribution in [0.2, 0.25) is 0 Å². The minimum atomic E-state index is -4.68. The molecule has 8 heterocycles. The number of nitro groups is 1. The normalized spacial score (nSPS) is 24.6. The second-order valence-corrected chi connectivity index (χ2v) is 23.5. The number of nitro benzene ring substituents is 1. The summed E-state index contributed by atoms with van der Waals surface area (Å²) < 4.78 is 54.9. The first-order valence-corrected chi connectivity index (χ1v) is 26.8. The van der Waals surface area contributed by atoms with Crippen LogP contribution in [-0.4, -0.2) is 111 Å². The van der Waals surface area contributed by atoms with Gasteiger partial charge in [-0.3, -0.25) is 19.8 Å². The summed E-state index contributed by atoms with van der Waals surface area (Å²) in [6, 6.07) is 21.1. The number of piperidine rings is 1. The number of aromatic amines is 1. The van der Waals surface area contributed by atoms with E-state index in [9.17, 15) is 23.3 Å². The molecule has 1 amide bonds. The van der Waals surface area contributed by atoms with Gasteiger partial charge < -0.3 is 39.0 Å². The summed E-state index contributed by atoms with van der Waals surface area (Å²) in [5.74, 6) is -0.323. The van der Waals surface area contributed by atoms with E-state index in [-0.39, 0.29) is 52.4 Å². The summed E-state index contributed by atoms with van der Waals surface area (Å²) in [6.07, 6.45) is 9.83. The van der Waals surface area contributed by atoms with Crippen LogP contribution in [-0.2, 0) is 24.9 Å². The number of nitrogens with one attached hydrogen (secondary N) is 3. The first-order chi connectivity index (χ1) is 34.2. The molecule has 17 nitrogen and oxygen atoms in total. The molecule has 4 saturated heterocycles. The first kappa shape index (κ1) is 46.1. The van der Waals surface area contributed by atoms with E-state index >= 15 is 0 Å². The molecule has 1 aliphatic carbocycles. The van der Waals surface area contributed by atoms with Gasteiger partial charge in [-0.25, -0.2) is 13.1 Å². The van der Waals surface area contributed by atoms with Crippen LogP contribution in [0.3, 0.4) is 0 Å². The van der Waals surface area contributed by atoms with Crippen LogP contribution in [0.5, 0.6) is 11.6 Å². The quantitative estimate of drug-likeness (QED) is 0.0942. The molecule has 0 radical (unpaired) electrons. The number of hydrogen-bond acceptors (Lipinski definition) is 14. The number of aromatic nitrogens is 2. The number of pyridine rings is 1. The van der Waals surface area contributed by atoms with Gasteiger partial charge in [0.1, 0.15) is 24.0 Å². The Labute approximate surface area is 413 Å². The van der Waals surface area contributed by atoms with Crippen LogP contribution >= 0.6 is 0 Å². The van der Waals surface area contributed by atoms with Gasteiger partial charge in [0.15, 0.2) is 11.4 Å². The number of sulfonamides is 1. The van der Waals surface area contributed by atoms with Gasteiger partial charge in [0.2, 0.25) is 5.88 Å². The average molecular weight is 987 g/mol. The van der Waals surface area contributed by atoms with Gasteiger partial charge in [-0.05, 0) is 116 Å². The summed E-state index contributed by atoms with van der Waals surface area (Å²) in [5, 5.41) is 16.6. The van der Waals surface area contributed by atoms with Gasteiger partial charge in [0.05, 0.1) is 46.4 Å². The van der Waals surface area contributed by atoms with Crippen molar-refractivity contribution in [2.75, 3.05) is 67.8 Å². The maximum absolute atomic E-state index is 14.7. The van der Waals surface area contributed by atoms with Crippen LogP contribution in [0.4, 0.5) is 28.4 Å². The Morgan fingerprint density at radius 1 is 0.930 bits per heavy atom. The molecule has 18 heteroatoms. The Morgan fingerprint density at radius 3 is 2.52 bits per heavy atom. The van der Waals surface area contributed by atoms with Crippen LogP contribution in [0.25, 0.3) is 11.0 Å². The number of nitrogens with zero attached hydrogens (tertiary/aromatic N) is 5. The SMILES string of the molecule is CC(C)(C)c1ccccc1[C@@H]1CCCN1C1CC2(CCN(c3ccc(C(=O)NS(=O)(=O)c4cc5c(c([N+](=O)[O-])c4)N[C@@H](C4CCOCC4)CO5)c(N4c5cc6cc[nH]c6nc5O[C@@H]5COC[C@@H]54)c3)CC2)C1. The molecule has 4 atom stereocenters. The number of rotatable bonds is 9. The number of benzene rings is 3.